The predicted molar refractivity (Wildman–Crippen MR) is 161 cm³/mol. The summed E-state index contributed by atoms with van der Waals surface area (Å²) in [4.78, 5) is 28.7. The van der Waals surface area contributed by atoms with E-state index < -0.39 is 23.5 Å². The minimum atomic E-state index is -1.29. The number of hydrogen-bond acceptors (Lipinski definition) is 4. The molecule has 1 amide bonds. The summed E-state index contributed by atoms with van der Waals surface area (Å²) < 4.78 is 27.6. The molecule has 1 N–H and O–H groups in total. The highest BCUT2D eigenvalue weighted by Gasteiger charge is 2.42. The summed E-state index contributed by atoms with van der Waals surface area (Å²) in [7, 11) is 0. The first-order valence-corrected chi connectivity index (χ1v) is 15.4. The van der Waals surface area contributed by atoms with Crippen LogP contribution in [0, 0.1) is 32.0 Å². The summed E-state index contributed by atoms with van der Waals surface area (Å²) in [5.41, 5.74) is 6.42. The van der Waals surface area contributed by atoms with Crippen molar-refractivity contribution in [3.8, 4) is 16.9 Å². The number of ether oxygens (including phenoxy) is 2. The van der Waals surface area contributed by atoms with E-state index in [4.69, 9.17) is 9.47 Å². The van der Waals surface area contributed by atoms with Crippen LogP contribution >= 0.6 is 0 Å². The number of fused-ring (bicyclic) bond motifs is 2. The molecule has 0 aromatic heterocycles. The molecule has 228 valence electrons. The van der Waals surface area contributed by atoms with Gasteiger partial charge in [0.1, 0.15) is 0 Å². The number of carbonyl (C=O) groups is 2. The fraction of sp³-hybridized carbons (Fsp3) is 0.600. The number of benzene rings is 2. The van der Waals surface area contributed by atoms with Gasteiger partial charge in [0, 0.05) is 23.7 Å². The van der Waals surface area contributed by atoms with Gasteiger partial charge in [-0.25, -0.2) is 9.18 Å². The Morgan fingerprint density at radius 2 is 1.81 bits per heavy atom. The van der Waals surface area contributed by atoms with Crippen molar-refractivity contribution in [2.24, 2.45) is 5.41 Å². The normalized spacial score (nSPS) is 20.9. The quantitative estimate of drug-likeness (QED) is 0.396. The number of carboxylic acid groups (broad SMARTS) is 1. The highest BCUT2D eigenvalue weighted by Crippen LogP contribution is 2.47. The average Bonchev–Trinajstić information content (AvgIpc) is 2.91. The minimum absolute atomic E-state index is 0.0181. The first-order chi connectivity index (χ1) is 19.6. The van der Waals surface area contributed by atoms with Gasteiger partial charge in [0.2, 0.25) is 5.91 Å². The van der Waals surface area contributed by atoms with Gasteiger partial charge >= 0.3 is 5.97 Å². The molecule has 0 bridgehead atoms. The Hall–Kier alpha value is -2.93. The Balaban J connectivity index is 1.78. The molecule has 2 aromatic carbocycles. The number of amides is 1. The Morgan fingerprint density at radius 3 is 2.45 bits per heavy atom. The molecule has 0 spiro atoms. The van der Waals surface area contributed by atoms with Crippen molar-refractivity contribution in [1.29, 1.82) is 0 Å². The zero-order valence-corrected chi connectivity index (χ0v) is 26.5. The van der Waals surface area contributed by atoms with Crippen molar-refractivity contribution in [3.63, 3.8) is 0 Å². The van der Waals surface area contributed by atoms with Gasteiger partial charge in [-0.05, 0) is 118 Å². The number of nitrogens with zero attached hydrogens (tertiary/aromatic N) is 1. The molecule has 2 aromatic rings. The number of carbonyl (C=O) groups excluding carboxylic acids is 1. The summed E-state index contributed by atoms with van der Waals surface area (Å²) in [6.07, 6.45) is 4.76. The monoisotopic (exact) mass is 579 g/mol. The lowest BCUT2D eigenvalue weighted by Gasteiger charge is -2.47. The van der Waals surface area contributed by atoms with Crippen molar-refractivity contribution in [1.82, 2.24) is 4.90 Å². The predicted octanol–water partition coefficient (Wildman–Crippen LogP) is 7.54. The van der Waals surface area contributed by atoms with Gasteiger partial charge in [0.25, 0.3) is 0 Å². The lowest BCUT2D eigenvalue weighted by atomic mass is 9.71. The topological polar surface area (TPSA) is 76.1 Å². The summed E-state index contributed by atoms with van der Waals surface area (Å²) in [5, 5.41) is 10.5. The van der Waals surface area contributed by atoms with E-state index in [-0.39, 0.29) is 23.8 Å². The third kappa shape index (κ3) is 5.34. The van der Waals surface area contributed by atoms with Gasteiger partial charge < -0.3 is 19.5 Å². The van der Waals surface area contributed by atoms with Crippen molar-refractivity contribution < 1.29 is 28.6 Å². The van der Waals surface area contributed by atoms with Gasteiger partial charge in [-0.15, -0.1) is 0 Å². The average molecular weight is 580 g/mol. The number of aliphatic carboxylic acids is 1. The summed E-state index contributed by atoms with van der Waals surface area (Å²) in [6, 6.07) is 1.65. The van der Waals surface area contributed by atoms with Crippen LogP contribution in [0.5, 0.6) is 5.75 Å². The van der Waals surface area contributed by atoms with Crippen LogP contribution in [0.25, 0.3) is 11.1 Å². The Labute approximate surface area is 249 Å². The molecule has 7 heteroatoms. The first kappa shape index (κ1) is 30.5. The van der Waals surface area contributed by atoms with Crippen LogP contribution in [0.3, 0.4) is 0 Å². The van der Waals surface area contributed by atoms with Gasteiger partial charge in [-0.3, -0.25) is 4.79 Å². The van der Waals surface area contributed by atoms with Crippen LogP contribution in [0.15, 0.2) is 6.07 Å². The van der Waals surface area contributed by atoms with E-state index in [1.54, 1.807) is 0 Å². The Bertz CT molecular complexity index is 1440. The van der Waals surface area contributed by atoms with Crippen molar-refractivity contribution in [2.45, 2.75) is 125 Å². The maximum atomic E-state index is 15.6. The van der Waals surface area contributed by atoms with E-state index in [9.17, 15) is 14.7 Å². The van der Waals surface area contributed by atoms with Crippen molar-refractivity contribution >= 4 is 11.9 Å². The molecule has 2 atom stereocenters. The molecule has 6 nitrogen and oxygen atoms in total. The third-order valence-corrected chi connectivity index (χ3v) is 9.79. The SMILES string of the molecule is Cc1c(-c2c(C)c3c(c(C)c2[C@H](OC(C)(C)C)C(=O)O)CC(=O)N(C2CCCCC2(C)C)C3)cc(F)c2c1CCCO2. The van der Waals surface area contributed by atoms with Crippen molar-refractivity contribution in [2.75, 3.05) is 6.61 Å². The highest BCUT2D eigenvalue weighted by atomic mass is 19.1. The second-order valence-electron chi connectivity index (χ2n) is 14.2. The molecule has 1 unspecified atom stereocenters. The molecular weight excluding hydrogens is 533 g/mol. The molecule has 1 saturated carbocycles. The smallest absolute Gasteiger partial charge is 0.337 e. The van der Waals surface area contributed by atoms with Crippen LogP contribution in [0.2, 0.25) is 0 Å². The van der Waals surface area contributed by atoms with Crippen LogP contribution in [0.1, 0.15) is 112 Å². The maximum absolute atomic E-state index is 15.6. The van der Waals surface area contributed by atoms with Crippen LogP contribution in [-0.4, -0.2) is 40.1 Å². The molecule has 3 aliphatic rings. The molecule has 0 saturated heterocycles. The van der Waals surface area contributed by atoms with Crippen LogP contribution in [0.4, 0.5) is 4.39 Å². The summed E-state index contributed by atoms with van der Waals surface area (Å²) in [6.45, 7) is 16.8. The van der Waals surface area contributed by atoms with Gasteiger partial charge in [0.15, 0.2) is 17.7 Å². The Morgan fingerprint density at radius 1 is 1.10 bits per heavy atom. The fourth-order valence-corrected chi connectivity index (χ4v) is 7.64. The lowest BCUT2D eigenvalue weighted by molar-refractivity contribution is -0.160. The van der Waals surface area contributed by atoms with E-state index >= 15 is 4.39 Å². The largest absolute Gasteiger partial charge is 0.490 e. The molecule has 42 heavy (non-hydrogen) atoms. The number of halogens is 1. The van der Waals surface area contributed by atoms with E-state index in [0.29, 0.717) is 42.0 Å². The first-order valence-electron chi connectivity index (χ1n) is 15.4. The van der Waals surface area contributed by atoms with E-state index in [2.05, 4.69) is 18.7 Å². The second-order valence-corrected chi connectivity index (χ2v) is 14.2. The van der Waals surface area contributed by atoms with Crippen molar-refractivity contribution in [3.05, 3.63) is 50.8 Å². The number of rotatable bonds is 5. The maximum Gasteiger partial charge on any atom is 0.337 e. The van der Waals surface area contributed by atoms with E-state index in [1.165, 1.54) is 12.5 Å². The lowest BCUT2D eigenvalue weighted by Crippen LogP contribution is -2.51. The number of carboxylic acids is 1. The summed E-state index contributed by atoms with van der Waals surface area (Å²) >= 11 is 0. The molecule has 2 aliphatic heterocycles. The minimum Gasteiger partial charge on any atom is -0.490 e. The van der Waals surface area contributed by atoms with E-state index in [1.807, 2.05) is 41.5 Å². The van der Waals surface area contributed by atoms with E-state index in [0.717, 1.165) is 59.1 Å². The molecular formula is C35H46FNO5. The summed E-state index contributed by atoms with van der Waals surface area (Å²) in [5.74, 6) is -1.16. The molecule has 1 fully saturated rings. The highest BCUT2D eigenvalue weighted by molar-refractivity contribution is 5.89. The van der Waals surface area contributed by atoms with Gasteiger partial charge in [0.05, 0.1) is 18.6 Å². The Kier molecular flexibility index (Phi) is 7.97. The zero-order valence-electron chi connectivity index (χ0n) is 26.5. The molecule has 5 rings (SSSR count). The molecule has 0 radical (unpaired) electrons. The standard InChI is InChI=1S/C35H46FNO5/c1-19-22-12-11-15-41-31(22)26(36)16-24(19)29-21(3)25-18-37(27-13-9-10-14-35(27,7)8)28(38)17-23(25)20(2)30(29)32(33(39)40)42-34(4,5)6/h16,27,32H,9-15,17-18H2,1-8H3,(H,39,40)/t27?,32-/m0/s1. The number of hydrogen-bond donors (Lipinski definition) is 1. The molecule has 2 heterocycles. The molecule has 1 aliphatic carbocycles. The van der Waals surface area contributed by atoms with Gasteiger partial charge in [-0.1, -0.05) is 26.7 Å². The van der Waals surface area contributed by atoms with Crippen LogP contribution in [-0.2, 0) is 33.7 Å². The second kappa shape index (κ2) is 11.0. The third-order valence-electron chi connectivity index (χ3n) is 9.79. The fourth-order valence-electron chi connectivity index (χ4n) is 7.64. The zero-order chi connectivity index (χ0) is 30.7. The van der Waals surface area contributed by atoms with Gasteiger partial charge in [-0.2, -0.15) is 0 Å². The van der Waals surface area contributed by atoms with Crippen LogP contribution < -0.4 is 4.74 Å².